The fourth-order valence-corrected chi connectivity index (χ4v) is 4.36. The fourth-order valence-electron chi connectivity index (χ4n) is 2.94. The van der Waals surface area contributed by atoms with Crippen molar-refractivity contribution in [3.63, 3.8) is 0 Å². The summed E-state index contributed by atoms with van der Waals surface area (Å²) in [5.74, 6) is -2.79. The second-order valence-corrected chi connectivity index (χ2v) is 9.87. The first-order chi connectivity index (χ1) is 15.4. The Bertz CT molecular complexity index is 1070. The third-order valence-corrected chi connectivity index (χ3v) is 6.44. The summed E-state index contributed by atoms with van der Waals surface area (Å²) in [6, 6.07) is 11.2. The maximum atomic E-state index is 13.9. The molecule has 2 aromatic rings. The molecule has 0 saturated heterocycles. The van der Waals surface area contributed by atoms with Crippen LogP contribution in [0.15, 0.2) is 53.4 Å². The van der Waals surface area contributed by atoms with E-state index in [1.807, 2.05) is 43.3 Å². The standard InChI is InChI=1S/C23H30FN3O5S/c1-16(2)22(25-33(30,31)20-9-7-6-8-19(20)24)23(29)32-15-21(28)27(5)14-17-10-12-18(13-11-17)26(3)4/h6-13,16,22,25H,14-15H2,1-5H3/t22-/m0/s1. The molecule has 0 aromatic heterocycles. The van der Waals surface area contributed by atoms with Crippen LogP contribution < -0.4 is 9.62 Å². The molecular formula is C23H30FN3O5S. The van der Waals surface area contributed by atoms with Gasteiger partial charge in [0.2, 0.25) is 10.0 Å². The van der Waals surface area contributed by atoms with Crippen LogP contribution in [0.4, 0.5) is 10.1 Å². The van der Waals surface area contributed by atoms with Gasteiger partial charge in [0.05, 0.1) is 0 Å². The molecule has 1 amide bonds. The summed E-state index contributed by atoms with van der Waals surface area (Å²) >= 11 is 0. The Hall–Kier alpha value is -2.98. The van der Waals surface area contributed by atoms with Crippen molar-refractivity contribution in [1.82, 2.24) is 9.62 Å². The summed E-state index contributed by atoms with van der Waals surface area (Å²) in [5, 5.41) is 0. The molecule has 0 fully saturated rings. The normalized spacial score (nSPS) is 12.3. The number of rotatable bonds is 10. The predicted octanol–water partition coefficient (Wildman–Crippen LogP) is 2.40. The van der Waals surface area contributed by atoms with Gasteiger partial charge in [0.25, 0.3) is 5.91 Å². The van der Waals surface area contributed by atoms with E-state index in [1.165, 1.54) is 17.0 Å². The van der Waals surface area contributed by atoms with Crippen molar-refractivity contribution in [2.24, 2.45) is 5.92 Å². The van der Waals surface area contributed by atoms with Crippen molar-refractivity contribution >= 4 is 27.6 Å². The molecule has 2 aromatic carbocycles. The number of likely N-dealkylation sites (N-methyl/N-ethyl adjacent to an activating group) is 1. The number of anilines is 1. The van der Waals surface area contributed by atoms with E-state index in [2.05, 4.69) is 4.72 Å². The number of hydrogen-bond donors (Lipinski definition) is 1. The minimum atomic E-state index is -4.31. The second-order valence-electron chi connectivity index (χ2n) is 8.19. The molecule has 10 heteroatoms. The summed E-state index contributed by atoms with van der Waals surface area (Å²) in [7, 11) is 1.13. The average Bonchev–Trinajstić information content (AvgIpc) is 2.75. The lowest BCUT2D eigenvalue weighted by Crippen LogP contribution is -2.46. The molecule has 2 rings (SSSR count). The van der Waals surface area contributed by atoms with Gasteiger partial charge in [-0.1, -0.05) is 38.1 Å². The van der Waals surface area contributed by atoms with Gasteiger partial charge >= 0.3 is 5.97 Å². The number of nitrogens with zero attached hydrogens (tertiary/aromatic N) is 2. The lowest BCUT2D eigenvalue weighted by Gasteiger charge is -2.22. The highest BCUT2D eigenvalue weighted by molar-refractivity contribution is 7.89. The van der Waals surface area contributed by atoms with E-state index in [-0.39, 0.29) is 0 Å². The van der Waals surface area contributed by atoms with Crippen LogP contribution in [0.3, 0.4) is 0 Å². The van der Waals surface area contributed by atoms with Gasteiger partial charge in [0.15, 0.2) is 6.61 Å². The number of ether oxygens (including phenoxy) is 1. The smallest absolute Gasteiger partial charge is 0.324 e. The lowest BCUT2D eigenvalue weighted by molar-refractivity contribution is -0.154. The van der Waals surface area contributed by atoms with E-state index in [1.54, 1.807) is 20.9 Å². The van der Waals surface area contributed by atoms with Crippen molar-refractivity contribution in [1.29, 1.82) is 0 Å². The number of benzene rings is 2. The summed E-state index contributed by atoms with van der Waals surface area (Å²) in [6.45, 7) is 3.00. The van der Waals surface area contributed by atoms with Gasteiger partial charge in [-0.2, -0.15) is 4.72 Å². The number of halogens is 1. The van der Waals surface area contributed by atoms with Gasteiger partial charge in [-0.25, -0.2) is 12.8 Å². The first kappa shape index (κ1) is 26.3. The number of carbonyl (C=O) groups is 2. The third-order valence-electron chi connectivity index (χ3n) is 4.97. The Morgan fingerprint density at radius 2 is 1.64 bits per heavy atom. The third kappa shape index (κ3) is 7.26. The Morgan fingerprint density at radius 3 is 2.18 bits per heavy atom. The second kappa shape index (κ2) is 11.2. The van der Waals surface area contributed by atoms with Gasteiger partial charge in [0, 0.05) is 33.4 Å². The van der Waals surface area contributed by atoms with Crippen LogP contribution in [-0.4, -0.2) is 59.0 Å². The Balaban J connectivity index is 1.98. The zero-order valence-corrected chi connectivity index (χ0v) is 20.2. The largest absolute Gasteiger partial charge is 0.454 e. The summed E-state index contributed by atoms with van der Waals surface area (Å²) in [6.07, 6.45) is 0. The van der Waals surface area contributed by atoms with E-state index in [0.717, 1.165) is 23.4 Å². The molecule has 1 N–H and O–H groups in total. The average molecular weight is 480 g/mol. The van der Waals surface area contributed by atoms with Crippen molar-refractivity contribution in [3.05, 3.63) is 59.9 Å². The van der Waals surface area contributed by atoms with Crippen LogP contribution in [0.1, 0.15) is 19.4 Å². The van der Waals surface area contributed by atoms with Crippen LogP contribution >= 0.6 is 0 Å². The maximum Gasteiger partial charge on any atom is 0.324 e. The first-order valence-corrected chi connectivity index (χ1v) is 11.8. The SMILES string of the molecule is CC(C)[C@H](NS(=O)(=O)c1ccccc1F)C(=O)OCC(=O)N(C)Cc1ccc(N(C)C)cc1. The quantitative estimate of drug-likeness (QED) is 0.526. The minimum Gasteiger partial charge on any atom is -0.454 e. The number of amides is 1. The highest BCUT2D eigenvalue weighted by Crippen LogP contribution is 2.16. The number of sulfonamides is 1. The lowest BCUT2D eigenvalue weighted by atomic mass is 10.1. The maximum absolute atomic E-state index is 13.9. The Morgan fingerprint density at radius 1 is 1.03 bits per heavy atom. The molecule has 0 radical (unpaired) electrons. The van der Waals surface area contributed by atoms with E-state index in [0.29, 0.717) is 6.54 Å². The summed E-state index contributed by atoms with van der Waals surface area (Å²) in [4.78, 5) is 27.8. The number of hydrogen-bond acceptors (Lipinski definition) is 6. The molecule has 180 valence electrons. The van der Waals surface area contributed by atoms with Crippen LogP contribution in [0.5, 0.6) is 0 Å². The summed E-state index contributed by atoms with van der Waals surface area (Å²) in [5.41, 5.74) is 1.93. The molecule has 8 nitrogen and oxygen atoms in total. The van der Waals surface area contributed by atoms with Crippen LogP contribution in [0.2, 0.25) is 0 Å². The van der Waals surface area contributed by atoms with Crippen molar-refractivity contribution in [2.75, 3.05) is 32.6 Å². The molecule has 33 heavy (non-hydrogen) atoms. The van der Waals surface area contributed by atoms with Crippen LogP contribution in [-0.2, 0) is 30.9 Å². The molecule has 0 aliphatic rings. The zero-order chi connectivity index (χ0) is 24.8. The molecule has 0 aliphatic carbocycles. The van der Waals surface area contributed by atoms with Crippen molar-refractivity contribution in [2.45, 2.75) is 31.3 Å². The highest BCUT2D eigenvalue weighted by Gasteiger charge is 2.31. The molecule has 1 atom stereocenters. The first-order valence-electron chi connectivity index (χ1n) is 10.4. The van der Waals surface area contributed by atoms with E-state index in [9.17, 15) is 22.4 Å². The van der Waals surface area contributed by atoms with E-state index >= 15 is 0 Å². The number of carbonyl (C=O) groups excluding carboxylic acids is 2. The topological polar surface area (TPSA) is 96.0 Å². The van der Waals surface area contributed by atoms with Gasteiger partial charge in [-0.05, 0) is 35.7 Å². The molecule has 0 unspecified atom stereocenters. The fraction of sp³-hybridized carbons (Fsp3) is 0.391. The molecule has 0 heterocycles. The molecule has 0 aliphatic heterocycles. The minimum absolute atomic E-state index is 0.317. The Kier molecular flexibility index (Phi) is 8.95. The predicted molar refractivity (Wildman–Crippen MR) is 124 cm³/mol. The van der Waals surface area contributed by atoms with E-state index in [4.69, 9.17) is 4.74 Å². The van der Waals surface area contributed by atoms with Crippen LogP contribution in [0.25, 0.3) is 0 Å². The molecular weight excluding hydrogens is 449 g/mol. The van der Waals surface area contributed by atoms with Crippen molar-refractivity contribution in [3.8, 4) is 0 Å². The highest BCUT2D eigenvalue weighted by atomic mass is 32.2. The summed E-state index contributed by atoms with van der Waals surface area (Å²) < 4.78 is 46.3. The van der Waals surface area contributed by atoms with Gasteiger partial charge in [-0.15, -0.1) is 0 Å². The number of nitrogens with one attached hydrogen (secondary N) is 1. The van der Waals surface area contributed by atoms with Gasteiger partial charge < -0.3 is 14.5 Å². The van der Waals surface area contributed by atoms with Crippen molar-refractivity contribution < 1.29 is 27.1 Å². The molecule has 0 bridgehead atoms. The monoisotopic (exact) mass is 479 g/mol. The number of esters is 1. The van der Waals surface area contributed by atoms with Gasteiger partial charge in [0.1, 0.15) is 16.8 Å². The van der Waals surface area contributed by atoms with Crippen LogP contribution in [0, 0.1) is 11.7 Å². The zero-order valence-electron chi connectivity index (χ0n) is 19.4. The molecule has 0 saturated carbocycles. The molecule has 0 spiro atoms. The van der Waals surface area contributed by atoms with Gasteiger partial charge in [-0.3, -0.25) is 9.59 Å². The van der Waals surface area contributed by atoms with E-state index < -0.39 is 51.2 Å². The Labute approximate surface area is 194 Å².